The summed E-state index contributed by atoms with van der Waals surface area (Å²) in [6.45, 7) is 7.06. The van der Waals surface area contributed by atoms with Crippen LogP contribution in [-0.2, 0) is 28.6 Å². The van der Waals surface area contributed by atoms with Crippen molar-refractivity contribution in [3.63, 3.8) is 0 Å². The van der Waals surface area contributed by atoms with E-state index in [4.69, 9.17) is 19.9 Å². The number of ketones is 1. The van der Waals surface area contributed by atoms with Crippen molar-refractivity contribution in [3.05, 3.63) is 0 Å². The van der Waals surface area contributed by atoms with E-state index in [9.17, 15) is 70.6 Å². The number of esters is 1. The van der Waals surface area contributed by atoms with Crippen LogP contribution in [0, 0.1) is 17.8 Å². The molecule has 0 spiro atoms. The first kappa shape index (κ1) is 59.2. The Bertz CT molecular complexity index is 1330. The maximum absolute atomic E-state index is 12.9. The van der Waals surface area contributed by atoms with Crippen LogP contribution in [-0.4, -0.2) is 166 Å². The molecule has 0 bridgehead atoms. The second kappa shape index (κ2) is 31.3. The smallest absolute Gasteiger partial charge is 0.311 e. The van der Waals surface area contributed by atoms with Crippen LogP contribution in [0.1, 0.15) is 169 Å². The van der Waals surface area contributed by atoms with Gasteiger partial charge < -0.3 is 76.1 Å². The minimum Gasteiger partial charge on any atom is -0.481 e. The number of carbonyl (C=O) groups excluding carboxylic acids is 2. The van der Waals surface area contributed by atoms with Crippen molar-refractivity contribution in [2.45, 2.75) is 261 Å². The fourth-order valence-corrected chi connectivity index (χ4v) is 9.04. The summed E-state index contributed by atoms with van der Waals surface area (Å²) in [6.07, 6.45) is -7.08. The Kier molecular flexibility index (Phi) is 28.5. The third-order valence-electron chi connectivity index (χ3n) is 13.6. The summed E-state index contributed by atoms with van der Waals surface area (Å²) in [7, 11) is 0. The number of carboxylic acids is 1. The topological polar surface area (TPSA) is 327 Å². The summed E-state index contributed by atoms with van der Waals surface area (Å²) in [5, 5.41) is 117. The van der Waals surface area contributed by atoms with Crippen LogP contribution >= 0.6 is 0 Å². The number of hydrogen-bond acceptors (Lipinski definition) is 17. The fourth-order valence-electron chi connectivity index (χ4n) is 9.04. The van der Waals surface area contributed by atoms with E-state index in [1.54, 1.807) is 13.8 Å². The van der Waals surface area contributed by atoms with Crippen molar-refractivity contribution in [3.8, 4) is 0 Å². The molecule has 0 aromatic rings. The highest BCUT2D eigenvalue weighted by molar-refractivity contribution is 5.81. The molecule has 2 saturated heterocycles. The van der Waals surface area contributed by atoms with Crippen molar-refractivity contribution < 1.29 is 84.8 Å². The first-order chi connectivity index (χ1) is 30.6. The molecule has 65 heavy (non-hydrogen) atoms. The van der Waals surface area contributed by atoms with E-state index >= 15 is 0 Å². The number of rotatable bonds is 3. The van der Waals surface area contributed by atoms with Gasteiger partial charge in [-0.25, -0.2) is 0 Å². The highest BCUT2D eigenvalue weighted by Gasteiger charge is 2.43. The molecule has 2 heterocycles. The van der Waals surface area contributed by atoms with Crippen LogP contribution in [0.15, 0.2) is 0 Å². The second-order valence-corrected chi connectivity index (χ2v) is 19.4. The molecular formula is C47H87NO17. The zero-order chi connectivity index (χ0) is 48.8. The number of carboxylic acid groups (broad SMARTS) is 1. The Morgan fingerprint density at radius 1 is 0.554 bits per heavy atom. The van der Waals surface area contributed by atoms with Gasteiger partial charge in [0.2, 0.25) is 0 Å². The first-order valence-corrected chi connectivity index (χ1v) is 24.4. The summed E-state index contributed by atoms with van der Waals surface area (Å²) in [4.78, 5) is 37.9. The molecule has 0 aromatic carbocycles. The normalized spacial score (nSPS) is 41.0. The Morgan fingerprint density at radius 3 is 1.65 bits per heavy atom. The van der Waals surface area contributed by atoms with E-state index < -0.39 is 135 Å². The van der Waals surface area contributed by atoms with E-state index in [1.165, 1.54) is 0 Å². The SMILES string of the molecule is C[C@@H]1[C@H](O)[C@H](C)CCCCCCCCCCCCCC[C@H](O[C@@H]2O[C@H](C)[C@H](O)[C@H](N)[C@@H]2O)C[C@H](O)[C@H](C(=O)O)[C@H](O)CC(=O)C[C@H](O)[C@H](O)CC[C@H](O)C[C@H](O)C[C@H](O)CC(=O)O[C@@H]1C. The third kappa shape index (κ3) is 22.4. The Labute approximate surface area is 385 Å². The van der Waals surface area contributed by atoms with E-state index in [0.29, 0.717) is 12.8 Å². The van der Waals surface area contributed by atoms with Gasteiger partial charge in [0.25, 0.3) is 0 Å². The molecule has 2 rings (SSSR count). The fraction of sp³-hybridized carbons (Fsp3) is 0.936. The lowest BCUT2D eigenvalue weighted by atomic mass is 9.86. The minimum absolute atomic E-state index is 0.00382. The molecule has 18 atom stereocenters. The van der Waals surface area contributed by atoms with Crippen LogP contribution in [0.25, 0.3) is 0 Å². The third-order valence-corrected chi connectivity index (χ3v) is 13.6. The van der Waals surface area contributed by atoms with Gasteiger partial charge in [-0.3, -0.25) is 14.4 Å². The zero-order valence-electron chi connectivity index (χ0n) is 39.4. The Balaban J connectivity index is 2.11. The van der Waals surface area contributed by atoms with Crippen molar-refractivity contribution in [1.29, 1.82) is 0 Å². The zero-order valence-corrected chi connectivity index (χ0v) is 39.4. The maximum Gasteiger partial charge on any atom is 0.311 e. The summed E-state index contributed by atoms with van der Waals surface area (Å²) in [5.41, 5.74) is 6.00. The number of carbonyl (C=O) groups is 3. The maximum atomic E-state index is 12.9. The van der Waals surface area contributed by atoms with Crippen molar-refractivity contribution in [1.82, 2.24) is 0 Å². The number of aliphatic hydroxyl groups is 10. The summed E-state index contributed by atoms with van der Waals surface area (Å²) >= 11 is 0. The van der Waals surface area contributed by atoms with Gasteiger partial charge >= 0.3 is 11.9 Å². The van der Waals surface area contributed by atoms with Gasteiger partial charge in [-0.2, -0.15) is 0 Å². The predicted molar refractivity (Wildman–Crippen MR) is 239 cm³/mol. The number of nitrogens with two attached hydrogens (primary N) is 1. The van der Waals surface area contributed by atoms with Gasteiger partial charge in [0.15, 0.2) is 6.29 Å². The highest BCUT2D eigenvalue weighted by atomic mass is 16.7. The Morgan fingerprint density at radius 2 is 1.08 bits per heavy atom. The average molecular weight is 938 g/mol. The van der Waals surface area contributed by atoms with Gasteiger partial charge in [0.1, 0.15) is 23.9 Å². The molecule has 0 radical (unpaired) electrons. The van der Waals surface area contributed by atoms with Crippen LogP contribution in [0.2, 0.25) is 0 Å². The molecule has 0 aromatic heterocycles. The van der Waals surface area contributed by atoms with Crippen molar-refractivity contribution in [2.24, 2.45) is 23.5 Å². The van der Waals surface area contributed by atoms with E-state index in [1.807, 2.05) is 13.8 Å². The quantitative estimate of drug-likeness (QED) is 0.180. The van der Waals surface area contributed by atoms with E-state index in [2.05, 4.69) is 0 Å². The number of aliphatic carboxylic acids is 1. The molecule has 13 N–H and O–H groups in total. The number of hydrogen-bond donors (Lipinski definition) is 12. The number of Topliss-reactive ketones (excluding diaryl/α,β-unsaturated/α-hetero) is 1. The standard InChI is InChI=1S/C47H87NO17/c1-27-17-15-13-11-9-7-5-6-8-10-12-14-16-18-35(65-47-45(60)42(48)44(59)30(4)64-47)26-39(56)41(46(61)62)38(55)24-34(52)23-37(54)36(53)20-19-31(49)21-32(50)22-33(51)25-40(57)63-29(3)28(2)43(27)58/h27-33,35-39,41-45,47,49-51,53-56,58-60H,5-26,48H2,1-4H3,(H,61,62)/t27-,28+,29-,30-,31+,32+,33+,35+,36-,37+,38-,39+,41-,42+,43-,44+,45+,47+/m1/s1. The molecule has 2 fully saturated rings. The van der Waals surface area contributed by atoms with Gasteiger partial charge in [-0.15, -0.1) is 0 Å². The van der Waals surface area contributed by atoms with Crippen molar-refractivity contribution >= 4 is 17.7 Å². The lowest BCUT2D eigenvalue weighted by molar-refractivity contribution is -0.283. The van der Waals surface area contributed by atoms with Crippen molar-refractivity contribution in [2.75, 3.05) is 0 Å². The van der Waals surface area contributed by atoms with Gasteiger partial charge in [0, 0.05) is 25.2 Å². The van der Waals surface area contributed by atoms with Crippen LogP contribution < -0.4 is 5.73 Å². The second-order valence-electron chi connectivity index (χ2n) is 19.4. The van der Waals surface area contributed by atoms with Crippen LogP contribution in [0.4, 0.5) is 0 Å². The predicted octanol–water partition coefficient (Wildman–Crippen LogP) is 2.12. The van der Waals surface area contributed by atoms with E-state index in [0.717, 1.165) is 77.0 Å². The van der Waals surface area contributed by atoms with E-state index in [-0.39, 0.29) is 43.9 Å². The molecule has 0 aliphatic carbocycles. The molecule has 0 saturated carbocycles. The first-order valence-electron chi connectivity index (χ1n) is 24.4. The Hall–Kier alpha value is -1.91. The highest BCUT2D eigenvalue weighted by Crippen LogP contribution is 2.28. The molecule has 0 unspecified atom stereocenters. The van der Waals surface area contributed by atoms with Gasteiger partial charge in [-0.1, -0.05) is 90.9 Å². The van der Waals surface area contributed by atoms with Crippen LogP contribution in [0.3, 0.4) is 0 Å². The molecule has 0 amide bonds. The molecule has 382 valence electrons. The number of cyclic esters (lactones) is 1. The summed E-state index contributed by atoms with van der Waals surface area (Å²) in [6, 6.07) is -1.09. The van der Waals surface area contributed by atoms with Gasteiger partial charge in [-0.05, 0) is 58.3 Å². The van der Waals surface area contributed by atoms with Gasteiger partial charge in [0.05, 0.1) is 79.6 Å². The number of aliphatic hydroxyl groups excluding tert-OH is 10. The monoisotopic (exact) mass is 938 g/mol. The lowest BCUT2D eigenvalue weighted by Crippen LogP contribution is -2.61. The largest absolute Gasteiger partial charge is 0.481 e. The summed E-state index contributed by atoms with van der Waals surface area (Å²) < 4.78 is 17.3. The number of ether oxygens (including phenoxy) is 3. The average Bonchev–Trinajstić information content (AvgIpc) is 3.22. The summed E-state index contributed by atoms with van der Waals surface area (Å²) in [5.74, 6) is -5.29. The lowest BCUT2D eigenvalue weighted by Gasteiger charge is -2.41. The van der Waals surface area contributed by atoms with Crippen LogP contribution in [0.5, 0.6) is 0 Å². The minimum atomic E-state index is -1.89. The molecular weight excluding hydrogens is 851 g/mol. The molecule has 18 heteroatoms. The molecule has 2 aliphatic heterocycles. The molecule has 2 aliphatic rings. The molecule has 18 nitrogen and oxygen atoms in total.